The molecular weight excluding hydrogens is 286 g/mol. The molecule has 0 radical (unpaired) electrons. The number of ether oxygens (including phenoxy) is 2. The van der Waals surface area contributed by atoms with Gasteiger partial charge in [-0.15, -0.1) is 0 Å². The minimum Gasteiger partial charge on any atom is -0.491 e. The molecule has 1 unspecified atom stereocenters. The van der Waals surface area contributed by atoms with Gasteiger partial charge in [-0.25, -0.2) is 0 Å². The Morgan fingerprint density at radius 3 is 2.62 bits per heavy atom. The Hall–Kier alpha value is -0.770. The van der Waals surface area contributed by atoms with Crippen LogP contribution in [0.5, 0.6) is 5.75 Å². The fraction of sp³-hybridized carbons (Fsp3) is 0.647. The van der Waals surface area contributed by atoms with Gasteiger partial charge in [0.05, 0.1) is 6.61 Å². The molecule has 4 heteroatoms. The molecule has 0 aliphatic carbocycles. The second-order valence-electron chi connectivity index (χ2n) is 5.17. The number of rotatable bonds is 11. The highest BCUT2D eigenvalue weighted by atomic mass is 35.5. The van der Waals surface area contributed by atoms with Crippen LogP contribution in [0.4, 0.5) is 0 Å². The van der Waals surface area contributed by atoms with E-state index in [2.05, 4.69) is 26.1 Å². The van der Waals surface area contributed by atoms with Gasteiger partial charge in [0, 0.05) is 17.7 Å². The first-order valence-corrected chi connectivity index (χ1v) is 8.30. The Morgan fingerprint density at radius 2 is 1.95 bits per heavy atom. The van der Waals surface area contributed by atoms with E-state index in [1.165, 1.54) is 0 Å². The fourth-order valence-electron chi connectivity index (χ4n) is 1.99. The van der Waals surface area contributed by atoms with E-state index < -0.39 is 0 Å². The summed E-state index contributed by atoms with van der Waals surface area (Å²) in [6, 6.07) is 6.14. The summed E-state index contributed by atoms with van der Waals surface area (Å²) in [6.07, 6.45) is 3.37. The van der Waals surface area contributed by atoms with Crippen LogP contribution in [0.1, 0.15) is 51.6 Å². The van der Waals surface area contributed by atoms with Gasteiger partial charge in [-0.1, -0.05) is 37.9 Å². The number of benzene rings is 1. The number of hydrogen-bond donors (Lipinski definition) is 1. The Labute approximate surface area is 134 Å². The third kappa shape index (κ3) is 7.16. The number of nitrogens with one attached hydrogen (secondary N) is 1. The summed E-state index contributed by atoms with van der Waals surface area (Å²) in [5, 5.41) is 4.18. The van der Waals surface area contributed by atoms with E-state index in [0.717, 1.165) is 48.7 Å². The first-order chi connectivity index (χ1) is 10.2. The van der Waals surface area contributed by atoms with E-state index in [4.69, 9.17) is 21.1 Å². The summed E-state index contributed by atoms with van der Waals surface area (Å²) in [5.74, 6) is 0.797. The Bertz CT molecular complexity index is 398. The van der Waals surface area contributed by atoms with E-state index in [1.807, 2.05) is 18.2 Å². The van der Waals surface area contributed by atoms with Gasteiger partial charge in [0.15, 0.2) is 0 Å². The quantitative estimate of drug-likeness (QED) is 0.606. The highest BCUT2D eigenvalue weighted by Crippen LogP contribution is 2.27. The molecule has 1 rings (SSSR count). The maximum absolute atomic E-state index is 6.33. The summed E-state index contributed by atoms with van der Waals surface area (Å²) < 4.78 is 11.1. The first kappa shape index (κ1) is 18.3. The Kier molecular flexibility index (Phi) is 9.48. The van der Waals surface area contributed by atoms with Crippen molar-refractivity contribution in [3.63, 3.8) is 0 Å². The lowest BCUT2D eigenvalue weighted by Gasteiger charge is -2.16. The number of unbranched alkanes of at least 4 members (excludes halogenated alkanes) is 1. The molecule has 0 amide bonds. The number of halogens is 1. The molecule has 0 saturated carbocycles. The largest absolute Gasteiger partial charge is 0.491 e. The van der Waals surface area contributed by atoms with Gasteiger partial charge in [-0.3, -0.25) is 0 Å². The molecule has 21 heavy (non-hydrogen) atoms. The lowest BCUT2D eigenvalue weighted by atomic mass is 10.1. The second kappa shape index (κ2) is 10.9. The molecular formula is C17H28ClNO2. The topological polar surface area (TPSA) is 30.5 Å². The van der Waals surface area contributed by atoms with Crippen molar-refractivity contribution in [2.24, 2.45) is 0 Å². The van der Waals surface area contributed by atoms with Gasteiger partial charge in [0.25, 0.3) is 0 Å². The molecule has 3 nitrogen and oxygen atoms in total. The molecule has 0 aromatic heterocycles. The average Bonchev–Trinajstić information content (AvgIpc) is 2.48. The summed E-state index contributed by atoms with van der Waals surface area (Å²) in [5.41, 5.74) is 1.11. The Balaban J connectivity index is 2.39. The van der Waals surface area contributed by atoms with Gasteiger partial charge in [-0.05, 0) is 44.0 Å². The molecule has 1 aromatic rings. The Morgan fingerprint density at radius 1 is 1.14 bits per heavy atom. The zero-order valence-corrected chi connectivity index (χ0v) is 14.2. The molecule has 120 valence electrons. The first-order valence-electron chi connectivity index (χ1n) is 7.92. The van der Waals surface area contributed by atoms with Crippen LogP contribution < -0.4 is 10.1 Å². The van der Waals surface area contributed by atoms with Crippen molar-refractivity contribution in [3.8, 4) is 5.75 Å². The van der Waals surface area contributed by atoms with Crippen LogP contribution in [0, 0.1) is 0 Å². The monoisotopic (exact) mass is 313 g/mol. The molecule has 1 atom stereocenters. The van der Waals surface area contributed by atoms with Gasteiger partial charge < -0.3 is 14.8 Å². The lowest BCUT2D eigenvalue weighted by Crippen LogP contribution is -2.19. The summed E-state index contributed by atoms with van der Waals surface area (Å²) in [6.45, 7) is 9.40. The highest BCUT2D eigenvalue weighted by molar-refractivity contribution is 6.31. The van der Waals surface area contributed by atoms with E-state index in [9.17, 15) is 0 Å². The van der Waals surface area contributed by atoms with Crippen molar-refractivity contribution in [3.05, 3.63) is 28.8 Å². The van der Waals surface area contributed by atoms with E-state index in [-0.39, 0.29) is 6.04 Å². The van der Waals surface area contributed by atoms with Crippen molar-refractivity contribution < 1.29 is 9.47 Å². The van der Waals surface area contributed by atoms with E-state index in [1.54, 1.807) is 0 Å². The van der Waals surface area contributed by atoms with Gasteiger partial charge in [0.1, 0.15) is 12.4 Å². The average molecular weight is 314 g/mol. The third-order valence-electron chi connectivity index (χ3n) is 3.28. The second-order valence-corrected chi connectivity index (χ2v) is 5.58. The molecule has 0 heterocycles. The van der Waals surface area contributed by atoms with Crippen molar-refractivity contribution in [1.29, 1.82) is 0 Å². The summed E-state index contributed by atoms with van der Waals surface area (Å²) in [7, 11) is 0. The summed E-state index contributed by atoms with van der Waals surface area (Å²) >= 11 is 6.33. The fourth-order valence-corrected chi connectivity index (χ4v) is 2.32. The van der Waals surface area contributed by atoms with Gasteiger partial charge in [-0.2, -0.15) is 0 Å². The molecule has 0 bridgehead atoms. The lowest BCUT2D eigenvalue weighted by molar-refractivity contribution is 0.0980. The molecule has 0 spiro atoms. The smallest absolute Gasteiger partial charge is 0.120 e. The zero-order valence-electron chi connectivity index (χ0n) is 13.5. The molecule has 0 aliphatic heterocycles. The van der Waals surface area contributed by atoms with Crippen molar-refractivity contribution >= 4 is 11.6 Å². The molecule has 1 aromatic carbocycles. The predicted molar refractivity (Wildman–Crippen MR) is 89.4 cm³/mol. The predicted octanol–water partition coefficient (Wildman–Crippen LogP) is 4.60. The van der Waals surface area contributed by atoms with E-state index in [0.29, 0.717) is 13.2 Å². The minimum atomic E-state index is 0.254. The molecule has 0 aliphatic rings. The molecule has 0 fully saturated rings. The maximum Gasteiger partial charge on any atom is 0.120 e. The van der Waals surface area contributed by atoms with Crippen LogP contribution >= 0.6 is 11.6 Å². The van der Waals surface area contributed by atoms with Crippen molar-refractivity contribution in [2.45, 2.75) is 46.1 Å². The van der Waals surface area contributed by atoms with Crippen LogP contribution in [0.15, 0.2) is 18.2 Å². The van der Waals surface area contributed by atoms with Crippen LogP contribution in [0.3, 0.4) is 0 Å². The molecule has 1 N–H and O–H groups in total. The zero-order chi connectivity index (χ0) is 15.5. The standard InChI is InChI=1S/C17H28ClNO2/c1-4-6-10-20-11-12-21-15-7-8-16(17(18)13-15)14(3)19-9-5-2/h7-8,13-14,19H,4-6,9-12H2,1-3H3. The highest BCUT2D eigenvalue weighted by Gasteiger charge is 2.09. The normalized spacial score (nSPS) is 12.4. The van der Waals surface area contributed by atoms with E-state index >= 15 is 0 Å². The van der Waals surface area contributed by atoms with Crippen LogP contribution in [-0.2, 0) is 4.74 Å². The summed E-state index contributed by atoms with van der Waals surface area (Å²) in [4.78, 5) is 0. The number of hydrogen-bond acceptors (Lipinski definition) is 3. The molecule has 0 saturated heterocycles. The van der Waals surface area contributed by atoms with Crippen LogP contribution in [0.25, 0.3) is 0 Å². The maximum atomic E-state index is 6.33. The van der Waals surface area contributed by atoms with Crippen molar-refractivity contribution in [2.75, 3.05) is 26.4 Å². The van der Waals surface area contributed by atoms with Gasteiger partial charge >= 0.3 is 0 Å². The van der Waals surface area contributed by atoms with Crippen LogP contribution in [0.2, 0.25) is 5.02 Å². The van der Waals surface area contributed by atoms with Gasteiger partial charge in [0.2, 0.25) is 0 Å². The van der Waals surface area contributed by atoms with Crippen LogP contribution in [-0.4, -0.2) is 26.4 Å². The minimum absolute atomic E-state index is 0.254. The SMILES string of the molecule is CCCCOCCOc1ccc(C(C)NCCC)c(Cl)c1. The third-order valence-corrected chi connectivity index (χ3v) is 3.60. The van der Waals surface area contributed by atoms with Crippen molar-refractivity contribution in [1.82, 2.24) is 5.32 Å².